The second-order valence-electron chi connectivity index (χ2n) is 9.59. The van der Waals surface area contributed by atoms with Gasteiger partial charge >= 0.3 is 0 Å². The van der Waals surface area contributed by atoms with Crippen molar-refractivity contribution in [1.82, 2.24) is 19.3 Å². The fraction of sp³-hybridized carbons (Fsp3) is 0.462. The molecule has 2 aromatic heterocycles. The van der Waals surface area contributed by atoms with Crippen LogP contribution >= 0.6 is 11.6 Å². The van der Waals surface area contributed by atoms with Crippen LogP contribution in [-0.4, -0.2) is 65.1 Å². The molecule has 3 aromatic rings. The molecule has 2 atom stereocenters. The lowest BCUT2D eigenvalue weighted by Crippen LogP contribution is -2.49. The molecule has 0 unspecified atom stereocenters. The Bertz CT molecular complexity index is 1390. The summed E-state index contributed by atoms with van der Waals surface area (Å²) in [5.41, 5.74) is 1.66. The number of hydrogen-bond donors (Lipinski definition) is 0. The summed E-state index contributed by atoms with van der Waals surface area (Å²) >= 11 is 5.97. The Morgan fingerprint density at radius 2 is 1.94 bits per heavy atom. The van der Waals surface area contributed by atoms with E-state index < -0.39 is 5.82 Å². The maximum Gasteiger partial charge on any atom is 0.261 e. The normalized spacial score (nSPS) is 19.7. The van der Waals surface area contributed by atoms with Gasteiger partial charge in [0.1, 0.15) is 17.3 Å². The molecule has 0 radical (unpaired) electrons. The molecule has 8 nitrogen and oxygen atoms in total. The summed E-state index contributed by atoms with van der Waals surface area (Å²) in [7, 11) is 1.68. The van der Waals surface area contributed by atoms with Crippen LogP contribution in [0.4, 0.5) is 10.2 Å². The summed E-state index contributed by atoms with van der Waals surface area (Å²) in [6.07, 6.45) is 3.51. The lowest BCUT2D eigenvalue weighted by atomic mass is 10.1. The largest absolute Gasteiger partial charge is 0.385 e. The fourth-order valence-corrected chi connectivity index (χ4v) is 5.03. The first kappa shape index (κ1) is 24.6. The minimum atomic E-state index is -0.538. The zero-order valence-electron chi connectivity index (χ0n) is 20.6. The van der Waals surface area contributed by atoms with Gasteiger partial charge in [-0.3, -0.25) is 14.0 Å². The molecule has 1 amide bonds. The second kappa shape index (κ2) is 9.78. The Hall–Kier alpha value is -3.04. The number of carbonyl (C=O) groups is 1. The monoisotopic (exact) mass is 513 g/mol. The van der Waals surface area contributed by atoms with E-state index in [2.05, 4.69) is 4.98 Å². The molecule has 1 aromatic carbocycles. The van der Waals surface area contributed by atoms with Crippen molar-refractivity contribution in [3.8, 4) is 11.3 Å². The summed E-state index contributed by atoms with van der Waals surface area (Å²) in [5.74, 6) is 0.721. The van der Waals surface area contributed by atoms with Crippen LogP contribution in [-0.2, 0) is 9.53 Å². The van der Waals surface area contributed by atoms with E-state index in [-0.39, 0.29) is 39.3 Å². The Morgan fingerprint density at radius 1 is 1.19 bits per heavy atom. The molecule has 0 N–H and O–H groups in total. The Balaban J connectivity index is 1.44. The van der Waals surface area contributed by atoms with Crippen molar-refractivity contribution in [3.63, 3.8) is 0 Å². The molecular formula is C26H29ClFN5O3. The number of fused-ring (bicyclic) bond motifs is 1. The van der Waals surface area contributed by atoms with E-state index in [9.17, 15) is 14.0 Å². The minimum Gasteiger partial charge on any atom is -0.385 e. The predicted molar refractivity (Wildman–Crippen MR) is 136 cm³/mol. The van der Waals surface area contributed by atoms with Crippen molar-refractivity contribution >= 4 is 29.0 Å². The lowest BCUT2D eigenvalue weighted by molar-refractivity contribution is -0.133. The van der Waals surface area contributed by atoms with Crippen LogP contribution in [0.5, 0.6) is 0 Å². The highest BCUT2D eigenvalue weighted by Gasteiger charge is 2.44. The van der Waals surface area contributed by atoms with E-state index in [0.717, 1.165) is 12.8 Å². The van der Waals surface area contributed by atoms with Gasteiger partial charge in [0.15, 0.2) is 5.65 Å². The summed E-state index contributed by atoms with van der Waals surface area (Å²) in [5, 5.41) is 0.273. The molecule has 3 heterocycles. The first-order valence-electron chi connectivity index (χ1n) is 12.2. The van der Waals surface area contributed by atoms with E-state index in [0.29, 0.717) is 55.8 Å². The molecule has 1 aliphatic heterocycles. The van der Waals surface area contributed by atoms with E-state index in [1.54, 1.807) is 39.3 Å². The third-order valence-corrected chi connectivity index (χ3v) is 7.54. The third kappa shape index (κ3) is 4.57. The Morgan fingerprint density at radius 3 is 2.64 bits per heavy atom. The number of aromatic nitrogens is 3. The number of piperazine rings is 1. The van der Waals surface area contributed by atoms with Crippen molar-refractivity contribution in [2.24, 2.45) is 11.8 Å². The van der Waals surface area contributed by atoms with Gasteiger partial charge in [0.25, 0.3) is 5.56 Å². The molecule has 2 fully saturated rings. The molecule has 10 heteroatoms. The topological polar surface area (TPSA) is 80.0 Å². The molecule has 2 aliphatic rings. The van der Waals surface area contributed by atoms with E-state index in [1.165, 1.54) is 10.5 Å². The van der Waals surface area contributed by atoms with Crippen molar-refractivity contribution < 1.29 is 13.9 Å². The fourth-order valence-electron chi connectivity index (χ4n) is 4.87. The number of amides is 1. The van der Waals surface area contributed by atoms with Crippen LogP contribution in [0.15, 0.2) is 29.2 Å². The number of methoxy groups -OCH3 is 1. The van der Waals surface area contributed by atoms with Crippen molar-refractivity contribution in [2.45, 2.75) is 26.7 Å². The van der Waals surface area contributed by atoms with Gasteiger partial charge in [0, 0.05) is 67.7 Å². The SMILES string of the molecule is COCC[C@@H]1C[C@H]1C(=O)N1CCN(c2cn3c(=O)c(C)c(C)nc3c(-c3ccc(Cl)cc3F)n2)CC1. The van der Waals surface area contributed by atoms with Gasteiger partial charge in [-0.2, -0.15) is 0 Å². The number of halogens is 2. The molecule has 1 aliphatic carbocycles. The van der Waals surface area contributed by atoms with Gasteiger partial charge in [-0.05, 0) is 50.8 Å². The molecule has 36 heavy (non-hydrogen) atoms. The highest BCUT2D eigenvalue weighted by atomic mass is 35.5. The zero-order valence-corrected chi connectivity index (χ0v) is 21.4. The average molecular weight is 514 g/mol. The number of anilines is 1. The highest BCUT2D eigenvalue weighted by molar-refractivity contribution is 6.30. The standard InChI is InChI=1S/C26H29ClFN5O3/c1-15-16(2)29-24-23(19-5-4-18(27)13-21(19)28)30-22(14-33(24)25(15)34)31-7-9-32(10-8-31)26(35)20-12-17(20)6-11-36-3/h4-5,13-14,17,20H,6-12H2,1-3H3/t17-,20-/m1/s1. The highest BCUT2D eigenvalue weighted by Crippen LogP contribution is 2.42. The molecule has 0 spiro atoms. The molecule has 190 valence electrons. The van der Waals surface area contributed by atoms with Gasteiger partial charge in [-0.1, -0.05) is 11.6 Å². The first-order valence-corrected chi connectivity index (χ1v) is 12.5. The van der Waals surface area contributed by atoms with Gasteiger partial charge in [0.2, 0.25) is 5.91 Å². The number of nitrogens with zero attached hydrogens (tertiary/aromatic N) is 5. The smallest absolute Gasteiger partial charge is 0.261 e. The van der Waals surface area contributed by atoms with Gasteiger partial charge < -0.3 is 14.5 Å². The molecule has 0 bridgehead atoms. The molecular weight excluding hydrogens is 485 g/mol. The van der Waals surface area contributed by atoms with Gasteiger partial charge in [-0.25, -0.2) is 14.4 Å². The van der Waals surface area contributed by atoms with Crippen LogP contribution in [0, 0.1) is 31.5 Å². The number of aryl methyl sites for hydroxylation is 1. The van der Waals surface area contributed by atoms with E-state index in [4.69, 9.17) is 21.3 Å². The number of benzene rings is 1. The van der Waals surface area contributed by atoms with Crippen LogP contribution < -0.4 is 10.5 Å². The number of ether oxygens (including phenoxy) is 1. The van der Waals surface area contributed by atoms with Crippen LogP contribution in [0.3, 0.4) is 0 Å². The van der Waals surface area contributed by atoms with Crippen LogP contribution in [0.25, 0.3) is 16.9 Å². The Kier molecular flexibility index (Phi) is 6.70. The number of rotatable bonds is 6. The Labute approximate surface area is 213 Å². The van der Waals surface area contributed by atoms with E-state index in [1.807, 2.05) is 9.80 Å². The maximum atomic E-state index is 14.9. The summed E-state index contributed by atoms with van der Waals surface area (Å²) in [6, 6.07) is 4.37. The van der Waals surface area contributed by atoms with Gasteiger partial charge in [-0.15, -0.1) is 0 Å². The lowest BCUT2D eigenvalue weighted by Gasteiger charge is -2.36. The van der Waals surface area contributed by atoms with Crippen LogP contribution in [0.2, 0.25) is 5.02 Å². The predicted octanol–water partition coefficient (Wildman–Crippen LogP) is 3.49. The minimum absolute atomic E-state index is 0.0980. The van der Waals surface area contributed by atoms with Crippen molar-refractivity contribution in [3.05, 3.63) is 56.8 Å². The van der Waals surface area contributed by atoms with Crippen LogP contribution in [0.1, 0.15) is 24.1 Å². The summed E-state index contributed by atoms with van der Waals surface area (Å²) < 4.78 is 21.5. The van der Waals surface area contributed by atoms with Crippen molar-refractivity contribution in [1.29, 1.82) is 0 Å². The quantitative estimate of drug-likeness (QED) is 0.502. The average Bonchev–Trinajstić information content (AvgIpc) is 3.65. The molecule has 5 rings (SSSR count). The first-order chi connectivity index (χ1) is 17.3. The zero-order chi connectivity index (χ0) is 25.6. The second-order valence-corrected chi connectivity index (χ2v) is 10.0. The number of carbonyl (C=O) groups excluding carboxylic acids is 1. The molecule has 1 saturated heterocycles. The maximum absolute atomic E-state index is 14.9. The number of hydrogen-bond acceptors (Lipinski definition) is 6. The van der Waals surface area contributed by atoms with Crippen molar-refractivity contribution in [2.75, 3.05) is 44.8 Å². The van der Waals surface area contributed by atoms with E-state index >= 15 is 0 Å². The summed E-state index contributed by atoms with van der Waals surface area (Å²) in [6.45, 7) is 6.42. The van der Waals surface area contributed by atoms with Gasteiger partial charge in [0.05, 0.1) is 6.20 Å². The molecule has 1 saturated carbocycles. The third-order valence-electron chi connectivity index (χ3n) is 7.30. The summed E-state index contributed by atoms with van der Waals surface area (Å²) in [4.78, 5) is 39.3.